The van der Waals surface area contributed by atoms with Crippen molar-refractivity contribution in [2.24, 2.45) is 17.8 Å². The summed E-state index contributed by atoms with van der Waals surface area (Å²) in [4.78, 5) is 24.0. The molecule has 1 aromatic rings. The van der Waals surface area contributed by atoms with Crippen molar-refractivity contribution in [3.05, 3.63) is 29.8 Å². The van der Waals surface area contributed by atoms with Crippen LogP contribution in [0.2, 0.25) is 0 Å². The molecule has 132 valence electrons. The van der Waals surface area contributed by atoms with Crippen molar-refractivity contribution in [1.29, 1.82) is 0 Å². The summed E-state index contributed by atoms with van der Waals surface area (Å²) in [6.07, 6.45) is 3.03. The van der Waals surface area contributed by atoms with Gasteiger partial charge in [0.15, 0.2) is 6.61 Å². The van der Waals surface area contributed by atoms with Crippen LogP contribution in [0.3, 0.4) is 0 Å². The van der Waals surface area contributed by atoms with Gasteiger partial charge in [0.05, 0.1) is 5.56 Å². The molecule has 0 aromatic heterocycles. The summed E-state index contributed by atoms with van der Waals surface area (Å²) in [5.41, 5.74) is 6.51. The van der Waals surface area contributed by atoms with Gasteiger partial charge in [0, 0.05) is 5.69 Å². The Morgan fingerprint density at radius 1 is 1.21 bits per heavy atom. The van der Waals surface area contributed by atoms with Crippen LogP contribution in [0, 0.1) is 17.8 Å². The highest BCUT2D eigenvalue weighted by Crippen LogP contribution is 2.35. The maximum absolute atomic E-state index is 12.1. The quantitative estimate of drug-likeness (QED) is 0.660. The molecule has 1 aliphatic carbocycles. The summed E-state index contributed by atoms with van der Waals surface area (Å²) >= 11 is 0. The van der Waals surface area contributed by atoms with Gasteiger partial charge in [-0.25, -0.2) is 9.59 Å². The van der Waals surface area contributed by atoms with Gasteiger partial charge in [-0.2, -0.15) is 0 Å². The number of esters is 2. The van der Waals surface area contributed by atoms with Gasteiger partial charge < -0.3 is 15.2 Å². The molecule has 0 aliphatic heterocycles. The van der Waals surface area contributed by atoms with Crippen molar-refractivity contribution in [2.45, 2.75) is 46.1 Å². The fourth-order valence-corrected chi connectivity index (χ4v) is 3.28. The number of hydrogen-bond donors (Lipinski definition) is 1. The Kier molecular flexibility index (Phi) is 6.23. The number of hydrogen-bond acceptors (Lipinski definition) is 5. The minimum absolute atomic E-state index is 0.0866. The van der Waals surface area contributed by atoms with E-state index in [-0.39, 0.29) is 12.7 Å². The van der Waals surface area contributed by atoms with Crippen LogP contribution in [-0.4, -0.2) is 24.6 Å². The SMILES string of the molecule is CC(C)[C@@H]1CC[C@@H](C)C[C@H]1OC(=O)COC(=O)c1ccc(N)cc1. The maximum Gasteiger partial charge on any atom is 0.344 e. The summed E-state index contributed by atoms with van der Waals surface area (Å²) in [6, 6.07) is 6.37. The fourth-order valence-electron chi connectivity index (χ4n) is 3.28. The normalized spacial score (nSPS) is 23.8. The van der Waals surface area contributed by atoms with Crippen LogP contribution in [0.25, 0.3) is 0 Å². The van der Waals surface area contributed by atoms with E-state index < -0.39 is 11.9 Å². The first-order valence-electron chi connectivity index (χ1n) is 8.59. The first-order valence-corrected chi connectivity index (χ1v) is 8.59. The third-order valence-corrected chi connectivity index (χ3v) is 4.71. The van der Waals surface area contributed by atoms with Crippen LogP contribution in [0.1, 0.15) is 50.4 Å². The number of carbonyl (C=O) groups is 2. The van der Waals surface area contributed by atoms with Crippen molar-refractivity contribution in [3.8, 4) is 0 Å². The van der Waals surface area contributed by atoms with E-state index in [1.807, 2.05) is 0 Å². The summed E-state index contributed by atoms with van der Waals surface area (Å²) in [6.45, 7) is 6.13. The van der Waals surface area contributed by atoms with Gasteiger partial charge >= 0.3 is 11.9 Å². The first kappa shape index (κ1) is 18.3. The Balaban J connectivity index is 1.85. The minimum atomic E-state index is -0.552. The third-order valence-electron chi connectivity index (χ3n) is 4.71. The molecule has 0 spiro atoms. The number of ether oxygens (including phenoxy) is 2. The zero-order valence-electron chi connectivity index (χ0n) is 14.7. The highest BCUT2D eigenvalue weighted by atomic mass is 16.6. The van der Waals surface area contributed by atoms with Crippen LogP contribution in [-0.2, 0) is 14.3 Å². The van der Waals surface area contributed by atoms with Gasteiger partial charge in [-0.3, -0.25) is 0 Å². The predicted molar refractivity (Wildman–Crippen MR) is 92.4 cm³/mol. The Labute approximate surface area is 143 Å². The van der Waals surface area contributed by atoms with E-state index in [9.17, 15) is 9.59 Å². The highest BCUT2D eigenvalue weighted by Gasteiger charge is 2.33. The first-order chi connectivity index (χ1) is 11.4. The smallest absolute Gasteiger partial charge is 0.344 e. The lowest BCUT2D eigenvalue weighted by Gasteiger charge is -2.36. The van der Waals surface area contributed by atoms with E-state index in [0.29, 0.717) is 29.0 Å². The monoisotopic (exact) mass is 333 g/mol. The van der Waals surface area contributed by atoms with Gasteiger partial charge in [0.2, 0.25) is 0 Å². The van der Waals surface area contributed by atoms with E-state index in [0.717, 1.165) is 12.8 Å². The molecule has 0 radical (unpaired) electrons. The zero-order valence-corrected chi connectivity index (χ0v) is 14.7. The van der Waals surface area contributed by atoms with Gasteiger partial charge in [-0.05, 0) is 54.9 Å². The average Bonchev–Trinajstić information content (AvgIpc) is 2.53. The lowest BCUT2D eigenvalue weighted by atomic mass is 9.75. The predicted octanol–water partition coefficient (Wildman–Crippen LogP) is 3.43. The summed E-state index contributed by atoms with van der Waals surface area (Å²) in [7, 11) is 0. The number of nitrogens with two attached hydrogens (primary N) is 1. The molecule has 24 heavy (non-hydrogen) atoms. The third kappa shape index (κ3) is 4.98. The molecule has 0 unspecified atom stereocenters. The lowest BCUT2D eigenvalue weighted by Crippen LogP contribution is -2.36. The van der Waals surface area contributed by atoms with Crippen LogP contribution >= 0.6 is 0 Å². The van der Waals surface area contributed by atoms with Gasteiger partial charge in [-0.15, -0.1) is 0 Å². The molecular formula is C19H27NO4. The Morgan fingerprint density at radius 2 is 1.88 bits per heavy atom. The molecule has 2 N–H and O–H groups in total. The second kappa shape index (κ2) is 8.18. The molecule has 0 amide bonds. The van der Waals surface area contributed by atoms with E-state index in [4.69, 9.17) is 15.2 Å². The Bertz CT molecular complexity index is 567. The molecule has 5 nitrogen and oxygen atoms in total. The van der Waals surface area contributed by atoms with Crippen molar-refractivity contribution in [2.75, 3.05) is 12.3 Å². The molecule has 0 bridgehead atoms. The summed E-state index contributed by atoms with van der Waals surface area (Å²) < 4.78 is 10.6. The van der Waals surface area contributed by atoms with Gasteiger partial charge in [0.1, 0.15) is 6.10 Å². The fraction of sp³-hybridized carbons (Fsp3) is 0.579. The van der Waals surface area contributed by atoms with Gasteiger partial charge in [0.25, 0.3) is 0 Å². The molecule has 1 aliphatic rings. The van der Waals surface area contributed by atoms with Crippen LogP contribution in [0.4, 0.5) is 5.69 Å². The molecule has 1 aromatic carbocycles. The van der Waals surface area contributed by atoms with Gasteiger partial charge in [-0.1, -0.05) is 27.2 Å². The molecule has 2 rings (SSSR count). The van der Waals surface area contributed by atoms with E-state index in [1.165, 1.54) is 6.42 Å². The van der Waals surface area contributed by atoms with Crippen LogP contribution < -0.4 is 5.73 Å². The van der Waals surface area contributed by atoms with Crippen LogP contribution in [0.5, 0.6) is 0 Å². The number of anilines is 1. The van der Waals surface area contributed by atoms with E-state index in [1.54, 1.807) is 24.3 Å². The van der Waals surface area contributed by atoms with E-state index >= 15 is 0 Å². The molecule has 1 saturated carbocycles. The molecule has 1 fully saturated rings. The minimum Gasteiger partial charge on any atom is -0.460 e. The molecule has 3 atom stereocenters. The van der Waals surface area contributed by atoms with Crippen LogP contribution in [0.15, 0.2) is 24.3 Å². The number of nitrogen functional groups attached to an aromatic ring is 1. The molecule has 0 heterocycles. The molecule has 0 saturated heterocycles. The second-order valence-electron chi connectivity index (χ2n) is 7.05. The second-order valence-corrected chi connectivity index (χ2v) is 7.05. The Hall–Kier alpha value is -2.04. The summed E-state index contributed by atoms with van der Waals surface area (Å²) in [5, 5.41) is 0. The average molecular weight is 333 g/mol. The van der Waals surface area contributed by atoms with Crippen molar-refractivity contribution >= 4 is 17.6 Å². The van der Waals surface area contributed by atoms with E-state index in [2.05, 4.69) is 20.8 Å². The molecular weight excluding hydrogens is 306 g/mol. The van der Waals surface area contributed by atoms with Crippen molar-refractivity contribution < 1.29 is 19.1 Å². The standard InChI is InChI=1S/C19H27NO4/c1-12(2)16-9-4-13(3)10-17(16)24-18(21)11-23-19(22)14-5-7-15(20)8-6-14/h5-8,12-13,16-17H,4,9-11,20H2,1-3H3/t13-,16+,17-/m1/s1. The Morgan fingerprint density at radius 3 is 2.50 bits per heavy atom. The maximum atomic E-state index is 12.1. The highest BCUT2D eigenvalue weighted by molar-refractivity contribution is 5.91. The molecule has 5 heteroatoms. The summed E-state index contributed by atoms with van der Waals surface area (Å²) in [5.74, 6) is 0.355. The zero-order chi connectivity index (χ0) is 17.7. The van der Waals surface area contributed by atoms with Crippen molar-refractivity contribution in [3.63, 3.8) is 0 Å². The number of carbonyl (C=O) groups excluding carboxylic acids is 2. The largest absolute Gasteiger partial charge is 0.460 e. The lowest BCUT2D eigenvalue weighted by molar-refractivity contribution is -0.159. The van der Waals surface area contributed by atoms with Crippen molar-refractivity contribution in [1.82, 2.24) is 0 Å². The number of benzene rings is 1. The number of rotatable bonds is 5. The topological polar surface area (TPSA) is 78.6 Å².